The number of nitrogens with two attached hydrogens (primary N) is 1. The minimum Gasteiger partial charge on any atom is -0.330 e. The van der Waals surface area contributed by atoms with Gasteiger partial charge < -0.3 is 10.6 Å². The molecule has 1 aliphatic heterocycles. The van der Waals surface area contributed by atoms with Crippen LogP contribution in [-0.4, -0.2) is 31.1 Å². The molecule has 0 aliphatic carbocycles. The second-order valence-corrected chi connectivity index (χ2v) is 4.73. The number of hydrogen-bond acceptors (Lipinski definition) is 2. The van der Waals surface area contributed by atoms with E-state index in [1.165, 1.54) is 38.9 Å². The molecule has 0 amide bonds. The third kappa shape index (κ3) is 4.10. The first kappa shape index (κ1) is 11.0. The first-order chi connectivity index (χ1) is 6.22. The number of nitrogens with zero attached hydrogens (tertiary/aromatic N) is 1. The van der Waals surface area contributed by atoms with Crippen molar-refractivity contribution < 1.29 is 0 Å². The van der Waals surface area contributed by atoms with E-state index in [1.54, 1.807) is 0 Å². The molecule has 0 aromatic carbocycles. The van der Waals surface area contributed by atoms with Crippen LogP contribution in [0.2, 0.25) is 0 Å². The predicted octanol–water partition coefficient (Wildman–Crippen LogP) is 1.70. The molecule has 0 bridgehead atoms. The summed E-state index contributed by atoms with van der Waals surface area (Å²) >= 11 is 0. The molecule has 0 aromatic rings. The minimum atomic E-state index is 0.765. The Bertz CT molecular complexity index is 134. The van der Waals surface area contributed by atoms with Gasteiger partial charge >= 0.3 is 0 Å². The van der Waals surface area contributed by atoms with Crippen molar-refractivity contribution >= 4 is 0 Å². The zero-order chi connectivity index (χ0) is 9.68. The van der Waals surface area contributed by atoms with Crippen molar-refractivity contribution in [2.75, 3.05) is 26.2 Å². The van der Waals surface area contributed by atoms with Crippen molar-refractivity contribution in [1.82, 2.24) is 4.90 Å². The van der Waals surface area contributed by atoms with Crippen molar-refractivity contribution in [2.24, 2.45) is 17.6 Å². The van der Waals surface area contributed by atoms with Crippen LogP contribution >= 0.6 is 0 Å². The van der Waals surface area contributed by atoms with Crippen LogP contribution in [0.5, 0.6) is 0 Å². The topological polar surface area (TPSA) is 29.3 Å². The maximum Gasteiger partial charge on any atom is 0.00217 e. The lowest BCUT2D eigenvalue weighted by Crippen LogP contribution is -2.39. The van der Waals surface area contributed by atoms with Crippen LogP contribution in [-0.2, 0) is 0 Å². The molecule has 1 saturated heterocycles. The normalized spacial score (nSPS) is 25.4. The highest BCUT2D eigenvalue weighted by Gasteiger charge is 2.17. The van der Waals surface area contributed by atoms with E-state index in [4.69, 9.17) is 5.73 Å². The molecular weight excluding hydrogens is 160 g/mol. The lowest BCUT2D eigenvalue weighted by atomic mass is 9.98. The van der Waals surface area contributed by atoms with Gasteiger partial charge in [-0.1, -0.05) is 13.8 Å². The highest BCUT2D eigenvalue weighted by atomic mass is 15.1. The number of rotatable bonds is 4. The molecule has 2 N–H and O–H groups in total. The van der Waals surface area contributed by atoms with Crippen molar-refractivity contribution in [3.05, 3.63) is 0 Å². The van der Waals surface area contributed by atoms with E-state index in [9.17, 15) is 0 Å². The average molecular weight is 184 g/mol. The van der Waals surface area contributed by atoms with Crippen molar-refractivity contribution in [3.63, 3.8) is 0 Å². The fourth-order valence-electron chi connectivity index (χ4n) is 1.99. The smallest absolute Gasteiger partial charge is 0.00217 e. The maximum atomic E-state index is 5.69. The van der Waals surface area contributed by atoms with Gasteiger partial charge in [0.2, 0.25) is 0 Å². The Balaban J connectivity index is 2.18. The molecule has 1 fully saturated rings. The third-order valence-corrected chi connectivity index (χ3v) is 2.96. The highest BCUT2D eigenvalue weighted by Crippen LogP contribution is 2.16. The molecule has 13 heavy (non-hydrogen) atoms. The largest absolute Gasteiger partial charge is 0.330 e. The van der Waals surface area contributed by atoms with E-state index in [2.05, 4.69) is 18.7 Å². The number of piperidine rings is 1. The summed E-state index contributed by atoms with van der Waals surface area (Å²) < 4.78 is 0. The van der Waals surface area contributed by atoms with Gasteiger partial charge in [0, 0.05) is 6.54 Å². The summed E-state index contributed by atoms with van der Waals surface area (Å²) in [4.78, 5) is 2.58. The summed E-state index contributed by atoms with van der Waals surface area (Å²) in [6.07, 6.45) is 4.02. The molecule has 1 atom stereocenters. The van der Waals surface area contributed by atoms with Gasteiger partial charge in [-0.15, -0.1) is 0 Å². The SMILES string of the molecule is CC(C)CCN1CCCC(CN)C1. The van der Waals surface area contributed by atoms with Gasteiger partial charge in [-0.2, -0.15) is 0 Å². The van der Waals surface area contributed by atoms with Crippen LogP contribution in [0.25, 0.3) is 0 Å². The van der Waals surface area contributed by atoms with Crippen LogP contribution in [0.15, 0.2) is 0 Å². The molecule has 1 aliphatic rings. The number of hydrogen-bond donors (Lipinski definition) is 1. The third-order valence-electron chi connectivity index (χ3n) is 2.96. The van der Waals surface area contributed by atoms with E-state index in [0.717, 1.165) is 18.4 Å². The summed E-state index contributed by atoms with van der Waals surface area (Å²) in [6.45, 7) is 9.27. The Morgan fingerprint density at radius 1 is 1.46 bits per heavy atom. The van der Waals surface area contributed by atoms with E-state index in [-0.39, 0.29) is 0 Å². The van der Waals surface area contributed by atoms with Crippen LogP contribution in [0.1, 0.15) is 33.1 Å². The van der Waals surface area contributed by atoms with Crippen LogP contribution in [0.4, 0.5) is 0 Å². The van der Waals surface area contributed by atoms with E-state index in [1.807, 2.05) is 0 Å². The molecule has 0 saturated carbocycles. The molecule has 0 radical (unpaired) electrons. The zero-order valence-corrected chi connectivity index (χ0v) is 9.13. The molecular formula is C11H24N2. The zero-order valence-electron chi connectivity index (χ0n) is 9.13. The summed E-state index contributed by atoms with van der Waals surface area (Å²) in [5.74, 6) is 1.60. The van der Waals surface area contributed by atoms with Gasteiger partial charge in [0.25, 0.3) is 0 Å². The van der Waals surface area contributed by atoms with Crippen molar-refractivity contribution in [2.45, 2.75) is 33.1 Å². The Hall–Kier alpha value is -0.0800. The molecule has 1 unspecified atom stereocenters. The standard InChI is InChI=1S/C11H24N2/c1-10(2)5-7-13-6-3-4-11(8-12)9-13/h10-11H,3-9,12H2,1-2H3. The molecule has 2 heteroatoms. The van der Waals surface area contributed by atoms with Gasteiger partial charge in [0.15, 0.2) is 0 Å². The monoisotopic (exact) mass is 184 g/mol. The molecule has 0 spiro atoms. The Morgan fingerprint density at radius 3 is 2.85 bits per heavy atom. The van der Waals surface area contributed by atoms with E-state index < -0.39 is 0 Å². The van der Waals surface area contributed by atoms with Crippen molar-refractivity contribution in [3.8, 4) is 0 Å². The van der Waals surface area contributed by atoms with Gasteiger partial charge in [0.05, 0.1) is 0 Å². The number of likely N-dealkylation sites (tertiary alicyclic amines) is 1. The fraction of sp³-hybridized carbons (Fsp3) is 1.00. The molecule has 1 heterocycles. The molecule has 78 valence electrons. The van der Waals surface area contributed by atoms with Crippen LogP contribution in [0, 0.1) is 11.8 Å². The maximum absolute atomic E-state index is 5.69. The Kier molecular flexibility index (Phi) is 4.74. The summed E-state index contributed by atoms with van der Waals surface area (Å²) in [5.41, 5.74) is 5.69. The van der Waals surface area contributed by atoms with Crippen LogP contribution < -0.4 is 5.73 Å². The fourth-order valence-corrected chi connectivity index (χ4v) is 1.99. The van der Waals surface area contributed by atoms with Crippen molar-refractivity contribution in [1.29, 1.82) is 0 Å². The average Bonchev–Trinajstić information content (AvgIpc) is 2.15. The Labute approximate surface area is 82.5 Å². The summed E-state index contributed by atoms with van der Waals surface area (Å²) in [6, 6.07) is 0. The first-order valence-electron chi connectivity index (χ1n) is 5.64. The van der Waals surface area contributed by atoms with Crippen LogP contribution in [0.3, 0.4) is 0 Å². The summed E-state index contributed by atoms with van der Waals surface area (Å²) in [7, 11) is 0. The highest BCUT2D eigenvalue weighted by molar-refractivity contribution is 4.73. The van der Waals surface area contributed by atoms with E-state index >= 15 is 0 Å². The predicted molar refractivity (Wildman–Crippen MR) is 57.7 cm³/mol. The van der Waals surface area contributed by atoms with Gasteiger partial charge in [-0.3, -0.25) is 0 Å². The second-order valence-electron chi connectivity index (χ2n) is 4.73. The molecule has 2 nitrogen and oxygen atoms in total. The molecule has 1 rings (SSSR count). The quantitative estimate of drug-likeness (QED) is 0.720. The lowest BCUT2D eigenvalue weighted by molar-refractivity contribution is 0.170. The minimum absolute atomic E-state index is 0.765. The van der Waals surface area contributed by atoms with Gasteiger partial charge in [-0.05, 0) is 50.7 Å². The Morgan fingerprint density at radius 2 is 2.23 bits per heavy atom. The first-order valence-corrected chi connectivity index (χ1v) is 5.64. The van der Waals surface area contributed by atoms with Gasteiger partial charge in [-0.25, -0.2) is 0 Å². The second kappa shape index (κ2) is 5.61. The lowest BCUT2D eigenvalue weighted by Gasteiger charge is -2.32. The van der Waals surface area contributed by atoms with E-state index in [0.29, 0.717) is 0 Å². The molecule has 0 aromatic heterocycles. The van der Waals surface area contributed by atoms with Gasteiger partial charge in [0.1, 0.15) is 0 Å². The summed E-state index contributed by atoms with van der Waals surface area (Å²) in [5, 5.41) is 0.